The van der Waals surface area contributed by atoms with E-state index in [1.807, 2.05) is 36.4 Å². The lowest BCUT2D eigenvalue weighted by atomic mass is 10.3. The zero-order valence-electron chi connectivity index (χ0n) is 9.01. The summed E-state index contributed by atoms with van der Waals surface area (Å²) in [6, 6.07) is 16.3. The Morgan fingerprint density at radius 3 is 1.81 bits per heavy atom. The molecule has 80 valence electrons. The van der Waals surface area contributed by atoms with E-state index in [-0.39, 0.29) is 0 Å². The van der Waals surface area contributed by atoms with E-state index >= 15 is 0 Å². The first-order valence-electron chi connectivity index (χ1n) is 5.38. The van der Waals surface area contributed by atoms with Crippen molar-refractivity contribution in [2.24, 2.45) is 0 Å². The lowest BCUT2D eigenvalue weighted by Crippen LogP contribution is -2.48. The van der Waals surface area contributed by atoms with Gasteiger partial charge in [0, 0.05) is 11.2 Å². The predicted octanol–water partition coefficient (Wildman–Crippen LogP) is 1.14. The summed E-state index contributed by atoms with van der Waals surface area (Å²) in [5, 5.41) is 2.67. The fourth-order valence-electron chi connectivity index (χ4n) is 2.30. The molecule has 0 spiro atoms. The predicted molar refractivity (Wildman–Crippen MR) is 69.8 cm³/mol. The van der Waals surface area contributed by atoms with Crippen molar-refractivity contribution < 1.29 is 4.55 Å². The van der Waals surface area contributed by atoms with E-state index in [4.69, 9.17) is 0 Å². The van der Waals surface area contributed by atoms with Gasteiger partial charge in [-0.2, -0.15) is 0 Å². The lowest BCUT2D eigenvalue weighted by molar-refractivity contribution is 0.596. The summed E-state index contributed by atoms with van der Waals surface area (Å²) in [7, 11) is -1.12. The molecule has 0 N–H and O–H groups in total. The summed E-state index contributed by atoms with van der Waals surface area (Å²) in [5.41, 5.74) is 0. The van der Waals surface area contributed by atoms with Gasteiger partial charge in [-0.15, -0.1) is 0 Å². The topological polar surface area (TPSA) is 23.1 Å². The van der Waals surface area contributed by atoms with Crippen LogP contribution >= 0.6 is 0 Å². The van der Waals surface area contributed by atoms with Gasteiger partial charge < -0.3 is 4.55 Å². The molecule has 0 saturated heterocycles. The molecule has 1 aliphatic heterocycles. The zero-order valence-corrected chi connectivity index (χ0v) is 11.0. The average molecular weight is 244 g/mol. The molecule has 0 aromatic heterocycles. The molecule has 1 nitrogen and oxygen atoms in total. The molecule has 0 fully saturated rings. The largest absolute Gasteiger partial charge is 0.606 e. The molecule has 0 radical (unpaired) electrons. The second-order valence-electron chi connectivity index (χ2n) is 4.07. The molecule has 0 unspecified atom stereocenters. The highest BCUT2D eigenvalue weighted by Crippen LogP contribution is 2.22. The minimum atomic E-state index is -1.12. The zero-order chi connectivity index (χ0) is 11.1. The van der Waals surface area contributed by atoms with Gasteiger partial charge in [-0.3, -0.25) is 0 Å². The van der Waals surface area contributed by atoms with E-state index in [9.17, 15) is 4.55 Å². The highest BCUT2D eigenvalue weighted by Gasteiger charge is 2.32. The molecule has 2 aromatic rings. The van der Waals surface area contributed by atoms with Gasteiger partial charge in [-0.05, 0) is 22.5 Å². The van der Waals surface area contributed by atoms with Crippen molar-refractivity contribution in [3.05, 3.63) is 48.5 Å². The van der Waals surface area contributed by atoms with Crippen LogP contribution in [0.1, 0.15) is 0 Å². The van der Waals surface area contributed by atoms with Crippen LogP contribution in [0.3, 0.4) is 0 Å². The van der Waals surface area contributed by atoms with E-state index in [0.29, 0.717) is 0 Å². The fraction of sp³-hybridized carbons (Fsp3) is 0.0769. The van der Waals surface area contributed by atoms with E-state index in [1.54, 1.807) is 0 Å². The minimum Gasteiger partial charge on any atom is -0.606 e. The Hall–Kier alpha value is -1.03. The van der Waals surface area contributed by atoms with Crippen LogP contribution in [0, 0.1) is 0 Å². The highest BCUT2D eigenvalue weighted by atomic mass is 32.2. The van der Waals surface area contributed by atoms with Crippen LogP contribution in [0.25, 0.3) is 0 Å². The van der Waals surface area contributed by atoms with Gasteiger partial charge in [0.15, 0.2) is 9.79 Å². The van der Waals surface area contributed by atoms with Crippen LogP contribution < -0.4 is 10.4 Å². The standard InChI is InChI=1S/C13H12OSSi/c1-16-12-8-4-2-6-10(12)15(14)11-7-3-5-9-13(11)16/h2-9,16H,1H3. The van der Waals surface area contributed by atoms with Crippen molar-refractivity contribution in [3.63, 3.8) is 0 Å². The normalized spacial score (nSPS) is 22.4. The number of benzene rings is 2. The Kier molecular flexibility index (Phi) is 2.39. The van der Waals surface area contributed by atoms with Crippen molar-refractivity contribution in [1.29, 1.82) is 0 Å². The third-order valence-electron chi connectivity index (χ3n) is 3.17. The van der Waals surface area contributed by atoms with Gasteiger partial charge >= 0.3 is 0 Å². The van der Waals surface area contributed by atoms with Gasteiger partial charge in [0.05, 0.1) is 0 Å². The second-order valence-corrected chi connectivity index (χ2v) is 8.17. The van der Waals surface area contributed by atoms with Gasteiger partial charge in [-0.1, -0.05) is 42.9 Å². The van der Waals surface area contributed by atoms with Gasteiger partial charge in [0.25, 0.3) is 0 Å². The Balaban J connectivity index is 2.26. The van der Waals surface area contributed by atoms with Crippen LogP contribution in [-0.2, 0) is 11.2 Å². The summed E-state index contributed by atoms with van der Waals surface area (Å²) in [6.45, 7) is 2.31. The van der Waals surface area contributed by atoms with Crippen LogP contribution in [0.2, 0.25) is 6.55 Å². The molecule has 0 aliphatic carbocycles. The van der Waals surface area contributed by atoms with Crippen molar-refractivity contribution >= 4 is 30.3 Å². The fourth-order valence-corrected chi connectivity index (χ4v) is 7.39. The SMILES string of the molecule is C[SiH]1c2ccccc2[S+]([O-])c2ccccc21. The highest BCUT2D eigenvalue weighted by molar-refractivity contribution is 7.92. The quantitative estimate of drug-likeness (QED) is 0.503. The molecule has 0 amide bonds. The first-order chi connectivity index (χ1) is 7.79. The summed E-state index contributed by atoms with van der Waals surface area (Å²) >= 11 is -0.976. The average Bonchev–Trinajstić information content (AvgIpc) is 2.36. The number of fused-ring (bicyclic) bond motifs is 2. The first-order valence-corrected chi connectivity index (χ1v) is 8.84. The molecule has 2 aromatic carbocycles. The van der Waals surface area contributed by atoms with Crippen LogP contribution in [0.4, 0.5) is 0 Å². The molecular formula is C13H12OSSi. The summed E-state index contributed by atoms with van der Waals surface area (Å²) < 4.78 is 12.4. The molecule has 1 aliphatic rings. The number of rotatable bonds is 0. The van der Waals surface area contributed by atoms with Gasteiger partial charge in [-0.25, -0.2) is 0 Å². The Morgan fingerprint density at radius 1 is 0.875 bits per heavy atom. The molecule has 16 heavy (non-hydrogen) atoms. The second kappa shape index (κ2) is 3.77. The van der Waals surface area contributed by atoms with Crippen molar-refractivity contribution in [2.75, 3.05) is 0 Å². The van der Waals surface area contributed by atoms with Crippen molar-refractivity contribution in [3.8, 4) is 0 Å². The maximum Gasteiger partial charge on any atom is 0.157 e. The van der Waals surface area contributed by atoms with E-state index in [0.717, 1.165) is 9.79 Å². The molecule has 1 heterocycles. The number of hydrogen-bond acceptors (Lipinski definition) is 1. The van der Waals surface area contributed by atoms with E-state index < -0.39 is 20.0 Å². The van der Waals surface area contributed by atoms with Gasteiger partial charge in [0.2, 0.25) is 0 Å². The lowest BCUT2D eigenvalue weighted by Gasteiger charge is -2.25. The minimum absolute atomic E-state index is 0.976. The van der Waals surface area contributed by atoms with Crippen molar-refractivity contribution in [2.45, 2.75) is 16.3 Å². The Morgan fingerprint density at radius 2 is 1.31 bits per heavy atom. The third kappa shape index (κ3) is 1.36. The summed E-state index contributed by atoms with van der Waals surface area (Å²) in [5.74, 6) is 0. The van der Waals surface area contributed by atoms with Crippen LogP contribution in [0.15, 0.2) is 58.3 Å². The smallest absolute Gasteiger partial charge is 0.157 e. The van der Waals surface area contributed by atoms with Crippen LogP contribution in [-0.4, -0.2) is 13.3 Å². The molecule has 0 saturated carbocycles. The molecule has 0 atom stereocenters. The molecular weight excluding hydrogens is 232 g/mol. The third-order valence-corrected chi connectivity index (χ3v) is 8.00. The monoisotopic (exact) mass is 244 g/mol. The summed E-state index contributed by atoms with van der Waals surface area (Å²) in [4.78, 5) is 2.06. The van der Waals surface area contributed by atoms with E-state index in [1.165, 1.54) is 10.4 Å². The Labute approximate surface area is 99.9 Å². The Bertz CT molecular complexity index is 445. The number of hydrogen-bond donors (Lipinski definition) is 0. The maximum atomic E-state index is 12.4. The van der Waals surface area contributed by atoms with Gasteiger partial charge in [0.1, 0.15) is 8.80 Å². The van der Waals surface area contributed by atoms with E-state index in [2.05, 4.69) is 18.7 Å². The molecule has 3 heteroatoms. The molecule has 3 rings (SSSR count). The van der Waals surface area contributed by atoms with Crippen molar-refractivity contribution in [1.82, 2.24) is 0 Å². The first kappa shape index (κ1) is 10.1. The van der Waals surface area contributed by atoms with Crippen LogP contribution in [0.5, 0.6) is 0 Å². The molecule has 0 bridgehead atoms. The maximum absolute atomic E-state index is 12.4. The summed E-state index contributed by atoms with van der Waals surface area (Å²) in [6.07, 6.45) is 0.